The van der Waals surface area contributed by atoms with Gasteiger partial charge in [0.15, 0.2) is 0 Å². The molecule has 0 fully saturated rings. The number of fused-ring (bicyclic) bond motifs is 6. The van der Waals surface area contributed by atoms with Gasteiger partial charge in [0, 0.05) is 45.1 Å². The molecule has 1 aliphatic carbocycles. The lowest BCUT2D eigenvalue weighted by Crippen LogP contribution is -2.56. The van der Waals surface area contributed by atoms with Gasteiger partial charge in [0.05, 0.1) is 5.69 Å². The largest absolute Gasteiger partial charge is 0.314 e. The number of para-hydroxylation sites is 2. The van der Waals surface area contributed by atoms with Crippen LogP contribution in [0.25, 0.3) is 16.8 Å². The Morgan fingerprint density at radius 1 is 0.596 bits per heavy atom. The Morgan fingerprint density at radius 2 is 1.25 bits per heavy atom. The molecule has 250 valence electrons. The molecule has 2 heterocycles. The Labute approximate surface area is 308 Å². The van der Waals surface area contributed by atoms with Crippen molar-refractivity contribution in [1.29, 1.82) is 0 Å². The fourth-order valence-electron chi connectivity index (χ4n) is 8.90. The maximum atomic E-state index is 2.66. The van der Waals surface area contributed by atoms with Gasteiger partial charge in [0.1, 0.15) is 0 Å². The van der Waals surface area contributed by atoms with Crippen LogP contribution in [0, 0.1) is 0 Å². The molecule has 1 atom stereocenters. The van der Waals surface area contributed by atoms with Crippen LogP contribution < -0.4 is 20.7 Å². The monoisotopic (exact) mass is 686 g/mol. The third-order valence-electron chi connectivity index (χ3n) is 11.5. The van der Waals surface area contributed by atoms with Crippen LogP contribution in [0.15, 0.2) is 191 Å². The average Bonchev–Trinajstić information content (AvgIpc) is 3.41. The molecular formula is C48H39BN2S. The minimum Gasteiger partial charge on any atom is -0.314 e. The first-order chi connectivity index (χ1) is 25.7. The van der Waals surface area contributed by atoms with Gasteiger partial charge in [0.25, 0.3) is 6.71 Å². The van der Waals surface area contributed by atoms with Crippen LogP contribution in [0.5, 0.6) is 0 Å². The van der Waals surface area contributed by atoms with Crippen LogP contribution in [-0.4, -0.2) is 18.7 Å². The third-order valence-corrected chi connectivity index (χ3v) is 15.3. The fraction of sp³-hybridized carbons (Fsp3) is 0.0833. The molecule has 0 radical (unpaired) electrons. The number of nitrogens with zero attached hydrogens (tertiary/aromatic N) is 2. The number of hydrogen-bond acceptors (Lipinski definition) is 2. The quantitative estimate of drug-likeness (QED) is 0.166. The molecular weight excluding hydrogens is 647 g/mol. The molecule has 7 aromatic rings. The van der Waals surface area contributed by atoms with E-state index in [1.807, 2.05) is 0 Å². The zero-order valence-electron chi connectivity index (χ0n) is 29.5. The zero-order valence-corrected chi connectivity index (χ0v) is 30.4. The number of rotatable bonds is 5. The van der Waals surface area contributed by atoms with Crippen LogP contribution in [0.1, 0.15) is 18.1 Å². The van der Waals surface area contributed by atoms with Gasteiger partial charge in [-0.3, -0.25) is 0 Å². The molecule has 4 heteroatoms. The molecule has 2 aliphatic heterocycles. The lowest BCUT2D eigenvalue weighted by atomic mass is 9.32. The molecule has 0 saturated carbocycles. The van der Waals surface area contributed by atoms with Crippen LogP contribution in [0.3, 0.4) is 0 Å². The summed E-state index contributed by atoms with van der Waals surface area (Å²) in [6.45, 7) is 2.44. The first-order valence-corrected chi connectivity index (χ1v) is 20.6. The minimum absolute atomic E-state index is 0.0568. The summed E-state index contributed by atoms with van der Waals surface area (Å²) in [4.78, 5) is 8.08. The summed E-state index contributed by atoms with van der Waals surface area (Å²) in [5.74, 6) is 1.05. The van der Waals surface area contributed by atoms with E-state index in [1.165, 1.54) is 82.2 Å². The molecule has 1 unspecified atom stereocenters. The molecule has 0 spiro atoms. The molecule has 2 nitrogen and oxygen atoms in total. The molecule has 0 saturated heterocycles. The molecule has 10 rings (SSSR count). The maximum absolute atomic E-state index is 2.66. The number of hydrogen-bond donors (Lipinski definition) is 0. The Hall–Kier alpha value is -5.71. The maximum Gasteiger partial charge on any atom is 0.251 e. The van der Waals surface area contributed by atoms with Crippen molar-refractivity contribution in [3.05, 3.63) is 192 Å². The Balaban J connectivity index is 1.38. The number of anilines is 5. The van der Waals surface area contributed by atoms with Gasteiger partial charge in [0.2, 0.25) is 0 Å². The molecule has 0 amide bonds. The van der Waals surface area contributed by atoms with Crippen LogP contribution in [-0.2, 0) is 6.42 Å². The van der Waals surface area contributed by atoms with Crippen LogP contribution >= 0.6 is 10.0 Å². The van der Waals surface area contributed by atoms with E-state index in [1.54, 1.807) is 0 Å². The summed E-state index contributed by atoms with van der Waals surface area (Å²) in [6, 6.07) is 61.0. The van der Waals surface area contributed by atoms with E-state index in [-0.39, 0.29) is 6.71 Å². The summed E-state index contributed by atoms with van der Waals surface area (Å²) in [7, 11) is -1.44. The summed E-state index contributed by atoms with van der Waals surface area (Å²) >= 11 is 0. The lowest BCUT2D eigenvalue weighted by Gasteiger charge is -2.48. The van der Waals surface area contributed by atoms with Crippen molar-refractivity contribution in [1.82, 2.24) is 0 Å². The van der Waals surface area contributed by atoms with Crippen molar-refractivity contribution in [2.75, 3.05) is 21.8 Å². The van der Waals surface area contributed by atoms with Crippen molar-refractivity contribution in [3.63, 3.8) is 0 Å². The summed E-state index contributed by atoms with van der Waals surface area (Å²) < 4.78 is 0. The smallest absolute Gasteiger partial charge is 0.251 e. The van der Waals surface area contributed by atoms with E-state index in [2.05, 4.69) is 199 Å². The minimum atomic E-state index is -1.44. The van der Waals surface area contributed by atoms with E-state index in [4.69, 9.17) is 0 Å². The second-order valence-electron chi connectivity index (χ2n) is 14.1. The highest BCUT2D eigenvalue weighted by molar-refractivity contribution is 8.33. The average molecular weight is 687 g/mol. The van der Waals surface area contributed by atoms with Crippen molar-refractivity contribution in [2.45, 2.75) is 23.1 Å². The van der Waals surface area contributed by atoms with Gasteiger partial charge < -0.3 is 9.80 Å². The first-order valence-electron chi connectivity index (χ1n) is 18.3. The van der Waals surface area contributed by atoms with Crippen molar-refractivity contribution >= 4 is 73.0 Å². The molecule has 7 aromatic carbocycles. The summed E-state index contributed by atoms with van der Waals surface area (Å²) in [5.41, 5.74) is 14.4. The van der Waals surface area contributed by atoms with Gasteiger partial charge in [-0.2, -0.15) is 10.0 Å². The van der Waals surface area contributed by atoms with Gasteiger partial charge in [-0.25, -0.2) is 0 Å². The van der Waals surface area contributed by atoms with Crippen molar-refractivity contribution in [3.8, 4) is 0 Å². The van der Waals surface area contributed by atoms with Crippen molar-refractivity contribution < 1.29 is 0 Å². The van der Waals surface area contributed by atoms with E-state index >= 15 is 0 Å². The molecule has 3 aliphatic rings. The first kappa shape index (κ1) is 31.1. The Bertz CT molecular complexity index is 2560. The highest BCUT2D eigenvalue weighted by Crippen LogP contribution is 2.64. The Kier molecular flexibility index (Phi) is 7.30. The van der Waals surface area contributed by atoms with Gasteiger partial charge >= 0.3 is 0 Å². The predicted molar refractivity (Wildman–Crippen MR) is 225 cm³/mol. The van der Waals surface area contributed by atoms with Gasteiger partial charge in [-0.05, 0) is 98.3 Å². The second kappa shape index (κ2) is 12.2. The van der Waals surface area contributed by atoms with Gasteiger partial charge in [-0.15, -0.1) is 0 Å². The standard InChI is InChI=1S/C48H39BN2S/c1-3-52(2,39-24-11-6-12-25-39)45-32-31-43-46-48(45)51(38-22-9-5-10-23-38)44-33-36-19-14-13-17-34(36)27-29-41(44)49(46)42-30-28-35-18-15-16-26-40(35)47(42)50(43)37-20-7-4-8-21-37/h4-32H,3,33H2,1-2H3. The Morgan fingerprint density at radius 3 is 2.00 bits per heavy atom. The summed E-state index contributed by atoms with van der Waals surface area (Å²) in [5, 5.41) is 2.54. The zero-order chi connectivity index (χ0) is 34.8. The molecule has 0 N–H and O–H groups in total. The summed E-state index contributed by atoms with van der Waals surface area (Å²) in [6.07, 6.45) is 8.19. The second-order valence-corrected chi connectivity index (χ2v) is 17.8. The SMILES string of the molecule is CCS(C)(c1ccccc1)c1ccc2c3c1N(c1ccccc1)C1=C(C=Cc4ccccc4C1)B3c1ccc3ccccc3c1N2c1ccccc1. The van der Waals surface area contributed by atoms with Crippen LogP contribution in [0.2, 0.25) is 0 Å². The lowest BCUT2D eigenvalue weighted by molar-refractivity contribution is 1.02. The molecule has 0 aromatic heterocycles. The van der Waals surface area contributed by atoms with Gasteiger partial charge in [-0.1, -0.05) is 134 Å². The number of allylic oxidation sites excluding steroid dienone is 3. The highest BCUT2D eigenvalue weighted by atomic mass is 32.3. The predicted octanol–water partition coefficient (Wildman–Crippen LogP) is 11.3. The van der Waals surface area contributed by atoms with E-state index in [9.17, 15) is 0 Å². The third kappa shape index (κ3) is 4.60. The normalized spacial score (nSPS) is 16.0. The molecule has 52 heavy (non-hydrogen) atoms. The van der Waals surface area contributed by atoms with Crippen molar-refractivity contribution in [2.24, 2.45) is 0 Å². The fourth-order valence-corrected chi connectivity index (χ4v) is 11.6. The van der Waals surface area contributed by atoms with E-state index in [0.29, 0.717) is 0 Å². The van der Waals surface area contributed by atoms with E-state index in [0.717, 1.165) is 12.2 Å². The van der Waals surface area contributed by atoms with E-state index < -0.39 is 10.0 Å². The van der Waals surface area contributed by atoms with Crippen LogP contribution in [0.4, 0.5) is 28.4 Å². The topological polar surface area (TPSA) is 6.48 Å². The highest BCUT2D eigenvalue weighted by Gasteiger charge is 2.46. The molecule has 0 bridgehead atoms. The number of benzene rings is 7.